The topological polar surface area (TPSA) is 12.4 Å². The van der Waals surface area contributed by atoms with Crippen LogP contribution in [0.4, 0.5) is 5.69 Å². The van der Waals surface area contributed by atoms with Crippen molar-refractivity contribution >= 4 is 39.2 Å². The van der Waals surface area contributed by atoms with E-state index in [1.54, 1.807) is 11.3 Å². The van der Waals surface area contributed by atoms with Crippen LogP contribution in [0, 0.1) is 0 Å². The summed E-state index contributed by atoms with van der Waals surface area (Å²) < 4.78 is 1.14. The van der Waals surface area contributed by atoms with E-state index in [4.69, 9.17) is 0 Å². The highest BCUT2D eigenvalue weighted by atomic mass is 79.9. The summed E-state index contributed by atoms with van der Waals surface area (Å²) in [5.41, 5.74) is 2.44. The van der Waals surface area contributed by atoms with E-state index in [0.29, 0.717) is 0 Å². The summed E-state index contributed by atoms with van der Waals surface area (Å²) in [5, 5.41) is 0. The summed E-state index contributed by atoms with van der Waals surface area (Å²) in [6.45, 7) is 2.26. The minimum atomic E-state index is 1.02. The molecule has 112 valence electrons. The maximum atomic E-state index is 4.52. The third-order valence-electron chi connectivity index (χ3n) is 3.44. The maximum absolute atomic E-state index is 4.52. The first-order chi connectivity index (χ1) is 10.3. The van der Waals surface area contributed by atoms with Crippen molar-refractivity contribution in [3.05, 3.63) is 50.6 Å². The van der Waals surface area contributed by atoms with Crippen molar-refractivity contribution in [2.75, 3.05) is 0 Å². The van der Waals surface area contributed by atoms with Crippen LogP contribution < -0.4 is 0 Å². The van der Waals surface area contributed by atoms with Crippen molar-refractivity contribution < 1.29 is 0 Å². The van der Waals surface area contributed by atoms with Gasteiger partial charge in [-0.05, 0) is 58.6 Å². The van der Waals surface area contributed by atoms with E-state index < -0.39 is 0 Å². The van der Waals surface area contributed by atoms with Crippen molar-refractivity contribution in [3.63, 3.8) is 0 Å². The Labute approximate surface area is 140 Å². The van der Waals surface area contributed by atoms with Gasteiger partial charge >= 0.3 is 0 Å². The van der Waals surface area contributed by atoms with Gasteiger partial charge < -0.3 is 0 Å². The number of unbranched alkanes of at least 4 members (excludes halogenated alkanes) is 4. The molecule has 0 aliphatic carbocycles. The van der Waals surface area contributed by atoms with Gasteiger partial charge in [-0.1, -0.05) is 44.7 Å². The highest BCUT2D eigenvalue weighted by Crippen LogP contribution is 2.21. The number of aryl methyl sites for hydroxylation is 1. The molecule has 1 nitrogen and oxygen atoms in total. The first-order valence-electron chi connectivity index (χ1n) is 7.66. The molecule has 3 heteroatoms. The number of hydrogen-bond donors (Lipinski definition) is 0. The zero-order valence-electron chi connectivity index (χ0n) is 12.5. The molecule has 1 heterocycles. The average Bonchev–Trinajstić information content (AvgIpc) is 2.92. The van der Waals surface area contributed by atoms with Crippen LogP contribution in [0.2, 0.25) is 0 Å². The van der Waals surface area contributed by atoms with Crippen LogP contribution in [0.25, 0.3) is 0 Å². The molecule has 1 aromatic heterocycles. The van der Waals surface area contributed by atoms with E-state index in [0.717, 1.165) is 9.47 Å². The lowest BCUT2D eigenvalue weighted by atomic mass is 10.1. The molecule has 0 fully saturated rings. The molecule has 0 saturated heterocycles. The second kappa shape index (κ2) is 9.16. The average molecular weight is 364 g/mol. The van der Waals surface area contributed by atoms with Gasteiger partial charge in [0, 0.05) is 11.1 Å². The summed E-state index contributed by atoms with van der Waals surface area (Å²) in [6, 6.07) is 12.8. The fraction of sp³-hybridized carbons (Fsp3) is 0.389. The second-order valence-corrected chi connectivity index (χ2v) is 7.73. The minimum Gasteiger partial charge on any atom is -0.255 e. The highest BCUT2D eigenvalue weighted by molar-refractivity contribution is 9.11. The summed E-state index contributed by atoms with van der Waals surface area (Å²) in [6.07, 6.45) is 9.81. The summed E-state index contributed by atoms with van der Waals surface area (Å²) in [4.78, 5) is 5.68. The number of hydrogen-bond acceptors (Lipinski definition) is 2. The van der Waals surface area contributed by atoms with Crippen LogP contribution in [-0.4, -0.2) is 6.21 Å². The second-order valence-electron chi connectivity index (χ2n) is 5.23. The molecule has 0 aliphatic heterocycles. The van der Waals surface area contributed by atoms with E-state index in [-0.39, 0.29) is 0 Å². The van der Waals surface area contributed by atoms with Gasteiger partial charge in [-0.2, -0.15) is 0 Å². The van der Waals surface area contributed by atoms with Crippen molar-refractivity contribution in [1.29, 1.82) is 0 Å². The van der Waals surface area contributed by atoms with Gasteiger partial charge in [0.15, 0.2) is 0 Å². The van der Waals surface area contributed by atoms with Gasteiger partial charge in [-0.3, -0.25) is 4.99 Å². The fourth-order valence-electron chi connectivity index (χ4n) is 2.22. The molecule has 21 heavy (non-hydrogen) atoms. The molecule has 0 N–H and O–H groups in total. The van der Waals surface area contributed by atoms with Crippen LogP contribution in [0.15, 0.2) is 45.2 Å². The SMILES string of the molecule is CCCCCCCc1ccc(N=Cc2ccc(Br)s2)cc1. The molecule has 2 rings (SSSR count). The lowest BCUT2D eigenvalue weighted by Gasteiger charge is -2.02. The van der Waals surface area contributed by atoms with E-state index in [1.807, 2.05) is 12.3 Å². The zero-order chi connectivity index (χ0) is 14.9. The Morgan fingerprint density at radius 1 is 1.00 bits per heavy atom. The van der Waals surface area contributed by atoms with Gasteiger partial charge in [0.2, 0.25) is 0 Å². The molecule has 0 bridgehead atoms. The third kappa shape index (κ3) is 6.15. The first kappa shape index (κ1) is 16.4. The van der Waals surface area contributed by atoms with Crippen LogP contribution in [0.5, 0.6) is 0 Å². The Hall–Kier alpha value is -0.930. The molecule has 0 amide bonds. The third-order valence-corrected chi connectivity index (χ3v) is 5.00. The predicted molar refractivity (Wildman–Crippen MR) is 98.2 cm³/mol. The maximum Gasteiger partial charge on any atom is 0.0705 e. The number of halogens is 1. The van der Waals surface area contributed by atoms with Crippen LogP contribution in [0.3, 0.4) is 0 Å². The zero-order valence-corrected chi connectivity index (χ0v) is 14.9. The lowest BCUT2D eigenvalue weighted by Crippen LogP contribution is -1.85. The molecule has 2 aromatic rings. The number of nitrogens with zero attached hydrogens (tertiary/aromatic N) is 1. The smallest absolute Gasteiger partial charge is 0.0705 e. The fourth-order valence-corrected chi connectivity index (χ4v) is 3.51. The molecule has 0 spiro atoms. The Bertz CT molecular complexity index is 557. The Kier molecular flexibility index (Phi) is 7.17. The summed E-state index contributed by atoms with van der Waals surface area (Å²) in [7, 11) is 0. The van der Waals surface area contributed by atoms with Gasteiger partial charge in [0.1, 0.15) is 0 Å². The van der Waals surface area contributed by atoms with Crippen molar-refractivity contribution in [2.24, 2.45) is 4.99 Å². The van der Waals surface area contributed by atoms with E-state index in [1.165, 1.54) is 49.0 Å². The number of benzene rings is 1. The normalized spacial score (nSPS) is 11.3. The van der Waals surface area contributed by atoms with Crippen LogP contribution >= 0.6 is 27.3 Å². The van der Waals surface area contributed by atoms with Crippen molar-refractivity contribution in [3.8, 4) is 0 Å². The van der Waals surface area contributed by atoms with E-state index in [2.05, 4.69) is 58.2 Å². The molecule has 0 radical (unpaired) electrons. The highest BCUT2D eigenvalue weighted by Gasteiger charge is 1.96. The van der Waals surface area contributed by atoms with Gasteiger partial charge in [0.05, 0.1) is 9.47 Å². The van der Waals surface area contributed by atoms with Crippen molar-refractivity contribution in [1.82, 2.24) is 0 Å². The molecule has 0 atom stereocenters. The number of thiophene rings is 1. The standard InChI is InChI=1S/C18H22BrNS/c1-2-3-4-5-6-7-15-8-10-16(11-9-15)20-14-17-12-13-18(19)21-17/h8-14H,2-7H2,1H3. The van der Waals surface area contributed by atoms with Gasteiger partial charge in [-0.15, -0.1) is 11.3 Å². The largest absolute Gasteiger partial charge is 0.255 e. The molecule has 1 aromatic carbocycles. The van der Waals surface area contributed by atoms with E-state index >= 15 is 0 Å². The molecule has 0 saturated carbocycles. The Morgan fingerprint density at radius 3 is 2.43 bits per heavy atom. The number of rotatable bonds is 8. The summed E-state index contributed by atoms with van der Waals surface area (Å²) in [5.74, 6) is 0. The van der Waals surface area contributed by atoms with Crippen LogP contribution in [-0.2, 0) is 6.42 Å². The minimum absolute atomic E-state index is 1.02. The Balaban J connectivity index is 1.80. The summed E-state index contributed by atoms with van der Waals surface area (Å²) >= 11 is 5.16. The lowest BCUT2D eigenvalue weighted by molar-refractivity contribution is 0.632. The van der Waals surface area contributed by atoms with E-state index in [9.17, 15) is 0 Å². The van der Waals surface area contributed by atoms with Crippen molar-refractivity contribution in [2.45, 2.75) is 45.4 Å². The Morgan fingerprint density at radius 2 is 1.76 bits per heavy atom. The number of aliphatic imine (C=N–C) groups is 1. The van der Waals surface area contributed by atoms with Gasteiger partial charge in [0.25, 0.3) is 0 Å². The van der Waals surface area contributed by atoms with Gasteiger partial charge in [-0.25, -0.2) is 0 Å². The molecular formula is C18H22BrNS. The quantitative estimate of drug-likeness (QED) is 0.362. The monoisotopic (exact) mass is 363 g/mol. The molecular weight excluding hydrogens is 342 g/mol. The molecule has 0 unspecified atom stereocenters. The first-order valence-corrected chi connectivity index (χ1v) is 9.27. The van der Waals surface area contributed by atoms with Crippen LogP contribution in [0.1, 0.15) is 49.5 Å². The predicted octanol–water partition coefficient (Wildman–Crippen LogP) is 6.77. The molecule has 0 aliphatic rings.